The molecule has 0 radical (unpaired) electrons. The molecule has 8 heteroatoms. The fraction of sp³-hybridized carbons (Fsp3) is 0.738. The number of Topliss-reactive ketones (excluding diaryl/α,β-unsaturated/α-hetero) is 2. The Hall–Kier alpha value is -3.04. The number of nitrogens with one attached hydrogen (secondary N) is 1. The maximum Gasteiger partial charge on any atom is 0.160 e. The third-order valence-electron chi connectivity index (χ3n) is 22.7. The van der Waals surface area contributed by atoms with E-state index in [-0.39, 0.29) is 45.9 Å². The van der Waals surface area contributed by atoms with Gasteiger partial charge in [-0.15, -0.1) is 0 Å². The Morgan fingerprint density at radius 1 is 0.826 bits per heavy atom. The number of carbonyl (C=O) groups excluding carboxylic acids is 2. The number of epoxide rings is 1. The third kappa shape index (κ3) is 7.06. The molecule has 0 amide bonds. The molecule has 5 saturated carbocycles. The number of aliphatic hydroxyl groups excluding tert-OH is 2. The van der Waals surface area contributed by atoms with E-state index in [9.17, 15) is 15.0 Å². The van der Waals surface area contributed by atoms with Crippen LogP contribution in [0.25, 0.3) is 11.0 Å². The number of H-pyrrole nitrogens is 1. The Bertz CT molecular complexity index is 2530. The highest BCUT2D eigenvalue weighted by atomic mass is 16.6. The van der Waals surface area contributed by atoms with Gasteiger partial charge in [-0.1, -0.05) is 84.9 Å². The molecule has 11 atom stereocenters. The van der Waals surface area contributed by atoms with Gasteiger partial charge in [0.1, 0.15) is 11.9 Å². The molecule has 0 unspecified atom stereocenters. The van der Waals surface area contributed by atoms with Gasteiger partial charge in [-0.2, -0.15) is 0 Å². The third-order valence-corrected chi connectivity index (χ3v) is 22.7. The van der Waals surface area contributed by atoms with Crippen LogP contribution in [-0.2, 0) is 38.4 Å². The second-order valence-electron chi connectivity index (χ2n) is 26.7. The van der Waals surface area contributed by atoms with Crippen LogP contribution in [0.2, 0.25) is 0 Å². The van der Waals surface area contributed by atoms with Gasteiger partial charge in [0.15, 0.2) is 5.78 Å². The Kier molecular flexibility index (Phi) is 11.2. The summed E-state index contributed by atoms with van der Waals surface area (Å²) < 4.78 is 14.5. The lowest BCUT2D eigenvalue weighted by atomic mass is 9.33. The molecule has 0 bridgehead atoms. The van der Waals surface area contributed by atoms with E-state index in [0.29, 0.717) is 55.8 Å². The average molecular weight is 941 g/mol. The molecule has 7 fully saturated rings. The number of aryl methyl sites for hydroxylation is 1. The van der Waals surface area contributed by atoms with Gasteiger partial charge < -0.3 is 29.2 Å². The van der Waals surface area contributed by atoms with Gasteiger partial charge >= 0.3 is 0 Å². The molecule has 5 heterocycles. The van der Waals surface area contributed by atoms with Gasteiger partial charge in [-0.3, -0.25) is 9.59 Å². The van der Waals surface area contributed by atoms with Crippen molar-refractivity contribution >= 4 is 22.6 Å². The summed E-state index contributed by atoms with van der Waals surface area (Å²) in [6.45, 7) is 18.3. The minimum atomic E-state index is -0.713. The quantitative estimate of drug-likeness (QED) is 0.194. The standard InChI is InChI=1S/C61H84N2O6/c1-56(2)55(69-56)46(65)31-57(3)22-17-39-33-62-51-42(29-36-27-40(37-13-9-8-10-14-37)30-41(28-36)38-20-25-68-26-21-38)34-63(52(39)51)35-44-49-50(57)45(64)32-60(49,6)59(5)24-18-47-58(4,54(59)53(44)67)23-19-48(66)61(47,7)43-15-11-12-16-43/h27-28,30,33-34,37-38,43-44,46-47,53-55,62,65,67H,8-26,29,31-32,35H2,1-7H3/t44-,46-,47-,53-,54-,55-,57+,58-,59+,60+,61+/m1/s1. The van der Waals surface area contributed by atoms with E-state index in [4.69, 9.17) is 9.47 Å². The number of aromatic nitrogens is 2. The fourth-order valence-electron chi connectivity index (χ4n) is 18.9. The van der Waals surface area contributed by atoms with E-state index in [2.05, 4.69) is 88.6 Å². The van der Waals surface area contributed by atoms with Crippen molar-refractivity contribution in [1.82, 2.24) is 9.55 Å². The molecular formula is C61H84N2O6. The normalized spacial score (nSPS) is 39.9. The molecule has 374 valence electrons. The van der Waals surface area contributed by atoms with Crippen molar-refractivity contribution in [2.24, 2.45) is 50.7 Å². The van der Waals surface area contributed by atoms with Crippen molar-refractivity contribution in [3.05, 3.63) is 69.6 Å². The molecular weight excluding hydrogens is 857 g/mol. The molecule has 2 saturated heterocycles. The van der Waals surface area contributed by atoms with E-state index in [1.165, 1.54) is 89.4 Å². The number of ketones is 2. The largest absolute Gasteiger partial charge is 0.392 e. The second kappa shape index (κ2) is 16.5. The van der Waals surface area contributed by atoms with Crippen LogP contribution in [0.15, 0.2) is 41.7 Å². The summed E-state index contributed by atoms with van der Waals surface area (Å²) in [6, 6.07) is 7.60. The lowest BCUT2D eigenvalue weighted by Crippen LogP contribution is -2.68. The van der Waals surface area contributed by atoms with Crippen LogP contribution in [0.4, 0.5) is 0 Å². The van der Waals surface area contributed by atoms with E-state index < -0.39 is 28.6 Å². The first-order chi connectivity index (χ1) is 32.9. The summed E-state index contributed by atoms with van der Waals surface area (Å²) in [4.78, 5) is 33.8. The number of allylic oxidation sites excluding steroid dienone is 1. The maximum absolute atomic E-state index is 15.5. The zero-order valence-electron chi connectivity index (χ0n) is 43.3. The number of hydrogen-bond donors (Lipinski definition) is 3. The number of hydrogen-bond acceptors (Lipinski definition) is 6. The second-order valence-corrected chi connectivity index (χ2v) is 26.7. The zero-order chi connectivity index (χ0) is 48.0. The van der Waals surface area contributed by atoms with Crippen molar-refractivity contribution in [3.8, 4) is 0 Å². The highest BCUT2D eigenvalue weighted by molar-refractivity contribution is 6.02. The molecule has 6 aliphatic carbocycles. The Morgan fingerprint density at radius 2 is 1.51 bits per heavy atom. The average Bonchev–Trinajstić information content (AvgIpc) is 3.88. The number of benzene rings is 1. The Balaban J connectivity index is 0.996. The lowest BCUT2D eigenvalue weighted by Gasteiger charge is -2.70. The summed E-state index contributed by atoms with van der Waals surface area (Å²) in [6.07, 6.45) is 22.7. The number of aliphatic hydroxyl groups is 2. The van der Waals surface area contributed by atoms with E-state index in [1.807, 2.05) is 0 Å². The Morgan fingerprint density at radius 3 is 2.20 bits per heavy atom. The maximum atomic E-state index is 15.5. The van der Waals surface area contributed by atoms with Gasteiger partial charge in [0.2, 0.25) is 0 Å². The number of nitrogens with zero attached hydrogens (tertiary/aromatic N) is 1. The molecule has 3 aromatic rings. The first-order valence-corrected chi connectivity index (χ1v) is 28.1. The number of carbonyl (C=O) groups is 2. The summed E-state index contributed by atoms with van der Waals surface area (Å²) in [5, 5.41) is 26.0. The minimum Gasteiger partial charge on any atom is -0.392 e. The van der Waals surface area contributed by atoms with E-state index in [1.54, 1.807) is 0 Å². The monoisotopic (exact) mass is 941 g/mol. The van der Waals surface area contributed by atoms with Gasteiger partial charge in [0.25, 0.3) is 0 Å². The Labute approximate surface area is 412 Å². The summed E-state index contributed by atoms with van der Waals surface area (Å²) in [7, 11) is 0. The number of rotatable bonds is 8. The fourth-order valence-corrected chi connectivity index (χ4v) is 18.9. The SMILES string of the molecule is CC1(C)O[C@@H]1[C@H](O)C[C@]1(C)CCc2c[nH]c3c(Cc4cc(C5CCCCC5)cc(C5CCOCC5)c4)cn(c23)C[C@@H]2C3=C1C(=O)C[C@]3(C)[C@@]1(C)CC[C@@H]3[C@@](C)(CCC(=O)[C@@]3(C)C3CCCC3)[C@H]1[C@@H]2O. The van der Waals surface area contributed by atoms with Crippen molar-refractivity contribution in [3.63, 3.8) is 0 Å². The molecule has 12 rings (SSSR count). The van der Waals surface area contributed by atoms with Crippen molar-refractivity contribution in [2.45, 2.75) is 219 Å². The van der Waals surface area contributed by atoms with Gasteiger partial charge in [-0.05, 0) is 170 Å². The first kappa shape index (κ1) is 47.0. The molecule has 1 aromatic carbocycles. The van der Waals surface area contributed by atoms with E-state index in [0.717, 1.165) is 76.6 Å². The van der Waals surface area contributed by atoms with E-state index >= 15 is 4.79 Å². The van der Waals surface area contributed by atoms with Crippen LogP contribution in [0.5, 0.6) is 0 Å². The van der Waals surface area contributed by atoms with Crippen LogP contribution in [-0.4, -0.2) is 68.5 Å². The summed E-state index contributed by atoms with van der Waals surface area (Å²) in [5.41, 5.74) is 8.92. The summed E-state index contributed by atoms with van der Waals surface area (Å²) >= 11 is 0. The predicted octanol–water partition coefficient (Wildman–Crippen LogP) is 12.2. The minimum absolute atomic E-state index is 0.0775. The molecule has 8 nitrogen and oxygen atoms in total. The number of fused-ring (bicyclic) bond motifs is 4. The van der Waals surface area contributed by atoms with Crippen LogP contribution in [0, 0.1) is 50.7 Å². The van der Waals surface area contributed by atoms with Crippen LogP contribution in [0.3, 0.4) is 0 Å². The topological polar surface area (TPSA) is 117 Å². The highest BCUT2D eigenvalue weighted by Crippen LogP contribution is 2.76. The van der Waals surface area contributed by atoms with Crippen molar-refractivity contribution in [1.29, 1.82) is 0 Å². The zero-order valence-corrected chi connectivity index (χ0v) is 43.3. The number of aromatic amines is 1. The molecule has 69 heavy (non-hydrogen) atoms. The molecule has 2 aromatic heterocycles. The molecule has 0 spiro atoms. The van der Waals surface area contributed by atoms with Gasteiger partial charge in [0.05, 0.1) is 28.8 Å². The molecule has 3 N–H and O–H groups in total. The van der Waals surface area contributed by atoms with Crippen molar-refractivity contribution < 1.29 is 29.3 Å². The molecule has 9 aliphatic rings. The first-order valence-electron chi connectivity index (χ1n) is 28.1. The number of ether oxygens (including phenoxy) is 2. The smallest absolute Gasteiger partial charge is 0.160 e. The lowest BCUT2D eigenvalue weighted by molar-refractivity contribution is -0.227. The van der Waals surface area contributed by atoms with Crippen LogP contribution in [0.1, 0.15) is 204 Å². The predicted molar refractivity (Wildman–Crippen MR) is 271 cm³/mol. The van der Waals surface area contributed by atoms with Gasteiger partial charge in [0, 0.05) is 73.7 Å². The van der Waals surface area contributed by atoms with Crippen molar-refractivity contribution in [2.75, 3.05) is 13.2 Å². The van der Waals surface area contributed by atoms with Crippen LogP contribution >= 0.6 is 0 Å². The summed E-state index contributed by atoms with van der Waals surface area (Å²) in [5.74, 6) is 2.04. The highest BCUT2D eigenvalue weighted by Gasteiger charge is 2.73. The van der Waals surface area contributed by atoms with Gasteiger partial charge in [-0.25, -0.2) is 0 Å². The van der Waals surface area contributed by atoms with Crippen LogP contribution < -0.4 is 0 Å². The molecule has 3 aliphatic heterocycles.